The molecule has 0 saturated heterocycles. The molecule has 16 heavy (non-hydrogen) atoms. The molecule has 88 valence electrons. The number of carbonyl (C=O) groups is 1. The number of hydrogen-bond donors (Lipinski definition) is 2. The van der Waals surface area contributed by atoms with Gasteiger partial charge in [0.2, 0.25) is 11.9 Å². The van der Waals surface area contributed by atoms with Crippen LogP contribution in [0, 0.1) is 12.8 Å². The molecule has 1 aromatic rings. The second kappa shape index (κ2) is 5.44. The maximum Gasteiger partial charge on any atom is 0.242 e. The summed E-state index contributed by atoms with van der Waals surface area (Å²) in [6.07, 6.45) is 1.67. The molecule has 1 aromatic heterocycles. The van der Waals surface area contributed by atoms with Crippen LogP contribution in [0.1, 0.15) is 19.5 Å². The van der Waals surface area contributed by atoms with Crippen molar-refractivity contribution in [3.63, 3.8) is 0 Å². The predicted molar refractivity (Wildman–Crippen MR) is 63.1 cm³/mol. The van der Waals surface area contributed by atoms with Crippen LogP contribution in [0.15, 0.2) is 12.3 Å². The number of amides is 1. The molecule has 0 unspecified atom stereocenters. The molecule has 0 aliphatic heterocycles. The quantitative estimate of drug-likeness (QED) is 0.796. The lowest BCUT2D eigenvalue weighted by Gasteiger charge is -2.20. The first-order chi connectivity index (χ1) is 7.54. The molecular formula is C11H18N4O. The zero-order valence-corrected chi connectivity index (χ0v) is 10.1. The van der Waals surface area contributed by atoms with E-state index >= 15 is 0 Å². The highest BCUT2D eigenvalue weighted by atomic mass is 16.2. The number of anilines is 1. The Hall–Kier alpha value is -1.65. The van der Waals surface area contributed by atoms with Crippen molar-refractivity contribution in [2.45, 2.75) is 26.8 Å². The molecule has 0 aromatic carbocycles. The van der Waals surface area contributed by atoms with Gasteiger partial charge >= 0.3 is 0 Å². The minimum absolute atomic E-state index is 0.0555. The molecule has 1 atom stereocenters. The third-order valence-corrected chi connectivity index (χ3v) is 2.27. The molecule has 1 rings (SSSR count). The number of aryl methyl sites for hydroxylation is 1. The van der Waals surface area contributed by atoms with E-state index in [2.05, 4.69) is 20.6 Å². The minimum Gasteiger partial charge on any atom is -0.357 e. The Labute approximate surface area is 95.7 Å². The fourth-order valence-corrected chi connectivity index (χ4v) is 1.35. The van der Waals surface area contributed by atoms with Gasteiger partial charge in [-0.2, -0.15) is 0 Å². The normalized spacial score (nSPS) is 12.3. The molecule has 0 spiro atoms. The van der Waals surface area contributed by atoms with Gasteiger partial charge in [0.05, 0.1) is 0 Å². The van der Waals surface area contributed by atoms with Crippen LogP contribution in [-0.4, -0.2) is 29.0 Å². The predicted octanol–water partition coefficient (Wildman–Crippen LogP) is 0.968. The van der Waals surface area contributed by atoms with Crippen molar-refractivity contribution in [1.29, 1.82) is 0 Å². The van der Waals surface area contributed by atoms with Crippen LogP contribution < -0.4 is 10.6 Å². The van der Waals surface area contributed by atoms with E-state index in [0.29, 0.717) is 5.95 Å². The van der Waals surface area contributed by atoms with Gasteiger partial charge in [-0.25, -0.2) is 9.97 Å². The Morgan fingerprint density at radius 3 is 2.62 bits per heavy atom. The Morgan fingerprint density at radius 2 is 2.12 bits per heavy atom. The molecule has 0 aliphatic rings. The third-order valence-electron chi connectivity index (χ3n) is 2.27. The van der Waals surface area contributed by atoms with Gasteiger partial charge in [-0.05, 0) is 18.9 Å². The van der Waals surface area contributed by atoms with Gasteiger partial charge in [0.25, 0.3) is 0 Å². The van der Waals surface area contributed by atoms with E-state index in [4.69, 9.17) is 0 Å². The first-order valence-electron chi connectivity index (χ1n) is 5.32. The van der Waals surface area contributed by atoms with Crippen LogP contribution in [0.2, 0.25) is 0 Å². The highest BCUT2D eigenvalue weighted by molar-refractivity contribution is 5.84. The summed E-state index contributed by atoms with van der Waals surface area (Å²) in [5, 5.41) is 5.66. The molecule has 0 radical (unpaired) electrons. The molecule has 1 heterocycles. The highest BCUT2D eigenvalue weighted by Crippen LogP contribution is 2.08. The smallest absolute Gasteiger partial charge is 0.242 e. The zero-order valence-electron chi connectivity index (χ0n) is 10.1. The monoisotopic (exact) mass is 222 g/mol. The van der Waals surface area contributed by atoms with Gasteiger partial charge in [-0.15, -0.1) is 0 Å². The van der Waals surface area contributed by atoms with Crippen molar-refractivity contribution in [1.82, 2.24) is 15.3 Å². The number of rotatable bonds is 4. The van der Waals surface area contributed by atoms with E-state index in [9.17, 15) is 4.79 Å². The standard InChI is InChI=1S/C11H18N4O/c1-7(2)9(10(16)12-4)15-11-13-6-5-8(3)14-11/h5-7,9H,1-4H3,(H,12,16)(H,13,14,15)/t9-/m0/s1. The Kier molecular flexibility index (Phi) is 4.22. The first kappa shape index (κ1) is 12.4. The summed E-state index contributed by atoms with van der Waals surface area (Å²) < 4.78 is 0. The Morgan fingerprint density at radius 1 is 1.44 bits per heavy atom. The molecule has 0 fully saturated rings. The second-order valence-electron chi connectivity index (χ2n) is 4.00. The largest absolute Gasteiger partial charge is 0.357 e. The van der Waals surface area contributed by atoms with Crippen molar-refractivity contribution in [3.8, 4) is 0 Å². The molecular weight excluding hydrogens is 204 g/mol. The number of nitrogens with one attached hydrogen (secondary N) is 2. The van der Waals surface area contributed by atoms with Gasteiger partial charge in [-0.3, -0.25) is 4.79 Å². The summed E-state index contributed by atoms with van der Waals surface area (Å²) in [5.41, 5.74) is 0.872. The van der Waals surface area contributed by atoms with Crippen molar-refractivity contribution < 1.29 is 4.79 Å². The average Bonchev–Trinajstić information content (AvgIpc) is 2.24. The molecule has 5 nitrogen and oxygen atoms in total. The lowest BCUT2D eigenvalue weighted by Crippen LogP contribution is -2.41. The Bertz CT molecular complexity index is 365. The van der Waals surface area contributed by atoms with E-state index in [0.717, 1.165) is 5.69 Å². The van der Waals surface area contributed by atoms with Gasteiger partial charge in [0.1, 0.15) is 6.04 Å². The molecule has 1 amide bonds. The van der Waals surface area contributed by atoms with Crippen LogP contribution in [0.4, 0.5) is 5.95 Å². The van der Waals surface area contributed by atoms with E-state index in [1.165, 1.54) is 0 Å². The number of hydrogen-bond acceptors (Lipinski definition) is 4. The van der Waals surface area contributed by atoms with Gasteiger partial charge in [0.15, 0.2) is 0 Å². The fraction of sp³-hybridized carbons (Fsp3) is 0.545. The minimum atomic E-state index is -0.313. The van der Waals surface area contributed by atoms with Gasteiger partial charge in [-0.1, -0.05) is 13.8 Å². The Balaban J connectivity index is 2.79. The van der Waals surface area contributed by atoms with Crippen molar-refractivity contribution >= 4 is 11.9 Å². The van der Waals surface area contributed by atoms with Crippen LogP contribution in [0.3, 0.4) is 0 Å². The van der Waals surface area contributed by atoms with E-state index < -0.39 is 0 Å². The summed E-state index contributed by atoms with van der Waals surface area (Å²) in [6, 6.07) is 1.50. The number of nitrogens with zero attached hydrogens (tertiary/aromatic N) is 2. The topological polar surface area (TPSA) is 66.9 Å². The summed E-state index contributed by atoms with van der Waals surface area (Å²) >= 11 is 0. The lowest BCUT2D eigenvalue weighted by molar-refractivity contribution is -0.122. The summed E-state index contributed by atoms with van der Waals surface area (Å²) in [4.78, 5) is 19.9. The van der Waals surface area contributed by atoms with E-state index in [1.54, 1.807) is 13.2 Å². The lowest BCUT2D eigenvalue weighted by atomic mass is 10.0. The summed E-state index contributed by atoms with van der Waals surface area (Å²) in [7, 11) is 1.62. The maximum atomic E-state index is 11.6. The zero-order chi connectivity index (χ0) is 12.1. The first-order valence-corrected chi connectivity index (χ1v) is 5.32. The fourth-order valence-electron chi connectivity index (χ4n) is 1.35. The molecule has 5 heteroatoms. The van der Waals surface area contributed by atoms with Gasteiger partial charge in [0, 0.05) is 18.9 Å². The molecule has 0 bridgehead atoms. The average molecular weight is 222 g/mol. The number of carbonyl (C=O) groups excluding carboxylic acids is 1. The van der Waals surface area contributed by atoms with E-state index in [-0.39, 0.29) is 17.9 Å². The molecule has 0 aliphatic carbocycles. The van der Waals surface area contributed by atoms with Crippen molar-refractivity contribution in [3.05, 3.63) is 18.0 Å². The SMILES string of the molecule is CNC(=O)[C@@H](Nc1nccc(C)n1)C(C)C. The summed E-state index contributed by atoms with van der Waals surface area (Å²) in [6.45, 7) is 5.84. The third kappa shape index (κ3) is 3.18. The van der Waals surface area contributed by atoms with Gasteiger partial charge < -0.3 is 10.6 Å². The maximum absolute atomic E-state index is 11.6. The van der Waals surface area contributed by atoms with Crippen LogP contribution in [0.5, 0.6) is 0 Å². The van der Waals surface area contributed by atoms with Crippen molar-refractivity contribution in [2.75, 3.05) is 12.4 Å². The molecule has 0 saturated carbocycles. The van der Waals surface area contributed by atoms with Crippen LogP contribution in [0.25, 0.3) is 0 Å². The second-order valence-corrected chi connectivity index (χ2v) is 4.00. The highest BCUT2D eigenvalue weighted by Gasteiger charge is 2.21. The number of aromatic nitrogens is 2. The van der Waals surface area contributed by atoms with Crippen LogP contribution in [-0.2, 0) is 4.79 Å². The van der Waals surface area contributed by atoms with E-state index in [1.807, 2.05) is 26.8 Å². The van der Waals surface area contributed by atoms with Crippen LogP contribution >= 0.6 is 0 Å². The summed E-state index contributed by atoms with van der Waals surface area (Å²) in [5.74, 6) is 0.603. The van der Waals surface area contributed by atoms with Crippen molar-refractivity contribution in [2.24, 2.45) is 5.92 Å². The number of likely N-dealkylation sites (N-methyl/N-ethyl adjacent to an activating group) is 1. The molecule has 2 N–H and O–H groups in total.